The monoisotopic (exact) mass is 437 g/mol. The Labute approximate surface area is 186 Å². The first-order chi connectivity index (χ1) is 15.7. The van der Waals surface area contributed by atoms with Gasteiger partial charge in [0.1, 0.15) is 0 Å². The number of hydrogen-bond donors (Lipinski definition) is 2. The average molecular weight is 437 g/mol. The largest absolute Gasteiger partial charge is 0.454 e. The molecule has 168 valence electrons. The number of morpholine rings is 1. The highest BCUT2D eigenvalue weighted by Gasteiger charge is 2.35. The van der Waals surface area contributed by atoms with Crippen LogP contribution in [0.25, 0.3) is 0 Å². The third-order valence-corrected chi connectivity index (χ3v) is 6.27. The molecule has 2 N–H and O–H groups in total. The molecule has 5 rings (SSSR count). The molecule has 2 unspecified atom stereocenters. The summed E-state index contributed by atoms with van der Waals surface area (Å²) in [6, 6.07) is 12.6. The first-order valence-electron chi connectivity index (χ1n) is 11.1. The molecule has 3 aliphatic rings. The Hall–Kier alpha value is -3.10. The van der Waals surface area contributed by atoms with Gasteiger partial charge in [0.2, 0.25) is 12.7 Å². The maximum atomic E-state index is 12.9. The van der Waals surface area contributed by atoms with Crippen molar-refractivity contribution in [2.45, 2.75) is 37.8 Å². The molecule has 0 radical (unpaired) electrons. The molecule has 2 amide bonds. The van der Waals surface area contributed by atoms with E-state index >= 15 is 0 Å². The molecule has 2 aromatic carbocycles. The van der Waals surface area contributed by atoms with Gasteiger partial charge >= 0.3 is 0 Å². The van der Waals surface area contributed by atoms with Crippen LogP contribution < -0.4 is 20.1 Å². The molecule has 2 atom stereocenters. The Morgan fingerprint density at radius 3 is 2.78 bits per heavy atom. The molecule has 0 aromatic heterocycles. The molecular weight excluding hydrogens is 410 g/mol. The van der Waals surface area contributed by atoms with Crippen LogP contribution in [0.2, 0.25) is 0 Å². The summed E-state index contributed by atoms with van der Waals surface area (Å²) in [5, 5.41) is 5.80. The summed E-state index contributed by atoms with van der Waals surface area (Å²) in [6.45, 7) is 1.87. The van der Waals surface area contributed by atoms with Crippen LogP contribution in [0, 0.1) is 0 Å². The van der Waals surface area contributed by atoms with Gasteiger partial charge in [0, 0.05) is 24.3 Å². The Morgan fingerprint density at radius 1 is 1.00 bits per heavy atom. The van der Waals surface area contributed by atoms with Gasteiger partial charge in [-0.05, 0) is 37.1 Å². The van der Waals surface area contributed by atoms with E-state index in [1.165, 1.54) is 12.8 Å². The first kappa shape index (κ1) is 20.8. The van der Waals surface area contributed by atoms with Crippen molar-refractivity contribution >= 4 is 23.2 Å². The fourth-order valence-electron chi connectivity index (χ4n) is 4.71. The standard InChI is InChI=1S/C24H27N3O5/c28-23(14-27-11-12-30-20-8-4-3-7-19(20)27)26-18-6-2-1-5-17(18)24(29)25-16-9-10-21-22(13-16)32-15-31-21/h1-2,5-6,9-10,13,19-20H,3-4,7-8,11-12,14-15H2,(H,25,29)(H,26,28). The van der Waals surface area contributed by atoms with Crippen molar-refractivity contribution in [3.05, 3.63) is 48.0 Å². The fourth-order valence-corrected chi connectivity index (χ4v) is 4.71. The lowest BCUT2D eigenvalue weighted by molar-refractivity contribution is -0.124. The molecule has 2 fully saturated rings. The van der Waals surface area contributed by atoms with Gasteiger partial charge in [0.25, 0.3) is 5.91 Å². The number of benzene rings is 2. The number of anilines is 2. The van der Waals surface area contributed by atoms with Crippen LogP contribution in [0.5, 0.6) is 11.5 Å². The van der Waals surface area contributed by atoms with Crippen LogP contribution in [-0.2, 0) is 9.53 Å². The van der Waals surface area contributed by atoms with Crippen LogP contribution in [-0.4, -0.2) is 55.3 Å². The quantitative estimate of drug-likeness (QED) is 0.747. The molecule has 1 aliphatic carbocycles. The van der Waals surface area contributed by atoms with Gasteiger partial charge in [-0.2, -0.15) is 0 Å². The second-order valence-corrected chi connectivity index (χ2v) is 8.35. The van der Waals surface area contributed by atoms with Gasteiger partial charge in [0.15, 0.2) is 11.5 Å². The summed E-state index contributed by atoms with van der Waals surface area (Å²) >= 11 is 0. The minimum Gasteiger partial charge on any atom is -0.454 e. The number of amides is 2. The summed E-state index contributed by atoms with van der Waals surface area (Å²) in [6.07, 6.45) is 4.71. The molecule has 8 heteroatoms. The lowest BCUT2D eigenvalue weighted by atomic mass is 9.90. The Balaban J connectivity index is 1.25. The summed E-state index contributed by atoms with van der Waals surface area (Å²) in [5.41, 5.74) is 1.48. The van der Waals surface area contributed by atoms with Gasteiger partial charge < -0.3 is 24.8 Å². The van der Waals surface area contributed by atoms with E-state index < -0.39 is 0 Å². The maximum Gasteiger partial charge on any atom is 0.257 e. The molecule has 0 spiro atoms. The van der Waals surface area contributed by atoms with Crippen molar-refractivity contribution < 1.29 is 23.8 Å². The van der Waals surface area contributed by atoms with E-state index in [0.717, 1.165) is 19.4 Å². The second kappa shape index (κ2) is 9.18. The number of fused-ring (bicyclic) bond motifs is 2. The predicted molar refractivity (Wildman–Crippen MR) is 119 cm³/mol. The minimum atomic E-state index is -0.307. The van der Waals surface area contributed by atoms with E-state index in [0.29, 0.717) is 47.6 Å². The Kier molecular flexibility index (Phi) is 5.96. The van der Waals surface area contributed by atoms with E-state index in [1.807, 2.05) is 0 Å². The molecule has 0 bridgehead atoms. The summed E-state index contributed by atoms with van der Waals surface area (Å²) < 4.78 is 16.6. The summed E-state index contributed by atoms with van der Waals surface area (Å²) in [5.74, 6) is 0.813. The van der Waals surface area contributed by atoms with Crippen LogP contribution in [0.15, 0.2) is 42.5 Å². The van der Waals surface area contributed by atoms with Crippen LogP contribution in [0.4, 0.5) is 11.4 Å². The van der Waals surface area contributed by atoms with Crippen molar-refractivity contribution in [2.24, 2.45) is 0 Å². The van der Waals surface area contributed by atoms with Crippen molar-refractivity contribution in [3.8, 4) is 11.5 Å². The first-order valence-corrected chi connectivity index (χ1v) is 11.1. The van der Waals surface area contributed by atoms with Crippen molar-refractivity contribution in [1.82, 2.24) is 4.90 Å². The van der Waals surface area contributed by atoms with Gasteiger partial charge in [-0.1, -0.05) is 25.0 Å². The van der Waals surface area contributed by atoms with Crippen molar-refractivity contribution in [1.29, 1.82) is 0 Å². The maximum absolute atomic E-state index is 12.9. The lowest BCUT2D eigenvalue weighted by Gasteiger charge is -2.43. The average Bonchev–Trinajstić information content (AvgIpc) is 3.27. The zero-order valence-corrected chi connectivity index (χ0v) is 17.8. The highest BCUT2D eigenvalue weighted by atomic mass is 16.7. The number of nitrogens with one attached hydrogen (secondary N) is 2. The third kappa shape index (κ3) is 4.42. The van der Waals surface area contributed by atoms with Gasteiger partial charge in [-0.3, -0.25) is 14.5 Å². The molecule has 1 saturated carbocycles. The predicted octanol–water partition coefficient (Wildman–Crippen LogP) is 3.25. The Morgan fingerprint density at radius 2 is 1.84 bits per heavy atom. The molecule has 2 heterocycles. The Bertz CT molecular complexity index is 1010. The topological polar surface area (TPSA) is 89.1 Å². The van der Waals surface area contributed by atoms with Gasteiger partial charge in [-0.15, -0.1) is 0 Å². The SMILES string of the molecule is O=C(CN1CCOC2CCCCC21)Nc1ccccc1C(=O)Nc1ccc2c(c1)OCO2. The molecule has 1 saturated heterocycles. The van der Waals surface area contributed by atoms with Crippen LogP contribution in [0.3, 0.4) is 0 Å². The molecule has 2 aliphatic heterocycles. The van der Waals surface area contributed by atoms with Crippen LogP contribution in [0.1, 0.15) is 36.0 Å². The van der Waals surface area contributed by atoms with Gasteiger partial charge in [0.05, 0.1) is 30.5 Å². The van der Waals surface area contributed by atoms with E-state index in [9.17, 15) is 9.59 Å². The van der Waals surface area contributed by atoms with E-state index in [4.69, 9.17) is 14.2 Å². The number of para-hydroxylation sites is 1. The number of carbonyl (C=O) groups excluding carboxylic acids is 2. The van der Waals surface area contributed by atoms with Crippen molar-refractivity contribution in [2.75, 3.05) is 37.1 Å². The molecule has 8 nitrogen and oxygen atoms in total. The number of rotatable bonds is 5. The van der Waals surface area contributed by atoms with E-state index in [1.54, 1.807) is 42.5 Å². The van der Waals surface area contributed by atoms with Crippen LogP contribution >= 0.6 is 0 Å². The van der Waals surface area contributed by atoms with E-state index in [2.05, 4.69) is 15.5 Å². The normalized spacial score (nSPS) is 22.1. The second-order valence-electron chi connectivity index (χ2n) is 8.35. The molecule has 2 aromatic rings. The highest BCUT2D eigenvalue weighted by molar-refractivity contribution is 6.10. The number of carbonyl (C=O) groups is 2. The number of hydrogen-bond acceptors (Lipinski definition) is 6. The smallest absolute Gasteiger partial charge is 0.257 e. The molecular formula is C24H27N3O5. The zero-order chi connectivity index (χ0) is 21.9. The zero-order valence-electron chi connectivity index (χ0n) is 17.8. The number of nitrogens with zero attached hydrogens (tertiary/aromatic N) is 1. The van der Waals surface area contributed by atoms with E-state index in [-0.39, 0.29) is 24.7 Å². The number of ether oxygens (including phenoxy) is 3. The third-order valence-electron chi connectivity index (χ3n) is 6.27. The van der Waals surface area contributed by atoms with Crippen molar-refractivity contribution in [3.63, 3.8) is 0 Å². The summed E-state index contributed by atoms with van der Waals surface area (Å²) in [4.78, 5) is 28.0. The minimum absolute atomic E-state index is 0.125. The molecule has 32 heavy (non-hydrogen) atoms. The summed E-state index contributed by atoms with van der Waals surface area (Å²) in [7, 11) is 0. The fraction of sp³-hybridized carbons (Fsp3) is 0.417. The lowest BCUT2D eigenvalue weighted by Crippen LogP contribution is -2.54. The van der Waals surface area contributed by atoms with Gasteiger partial charge in [-0.25, -0.2) is 0 Å². The highest BCUT2D eigenvalue weighted by Crippen LogP contribution is 2.34.